The quantitative estimate of drug-likeness (QED) is 0.727. The molecule has 4 nitrogen and oxygen atoms in total. The summed E-state index contributed by atoms with van der Waals surface area (Å²) in [5.41, 5.74) is -0.254. The number of benzene rings is 3. The van der Waals surface area contributed by atoms with E-state index in [1.165, 1.54) is 0 Å². The van der Waals surface area contributed by atoms with Gasteiger partial charge in [-0.05, 0) is 45.8 Å². The van der Waals surface area contributed by atoms with E-state index in [1.807, 2.05) is 36.4 Å². The molecule has 4 heteroatoms. The summed E-state index contributed by atoms with van der Waals surface area (Å²) >= 11 is 0. The molecule has 0 aromatic heterocycles. The molecule has 0 spiro atoms. The van der Waals surface area contributed by atoms with E-state index in [1.54, 1.807) is 12.1 Å². The topological polar surface area (TPSA) is 58.9 Å². The van der Waals surface area contributed by atoms with Gasteiger partial charge in [-0.25, -0.2) is 0 Å². The first-order valence-electron chi connectivity index (χ1n) is 7.66. The van der Waals surface area contributed by atoms with E-state index >= 15 is 0 Å². The second kappa shape index (κ2) is 5.41. The summed E-state index contributed by atoms with van der Waals surface area (Å²) in [6, 6.07) is 15.4. The Hall–Kier alpha value is -2.30. The SMILES string of the molecule is OCC1(COc2ccc3c(ccc4cc(O)ccc43)c2)COC1. The molecule has 4 rings (SSSR count). The Labute approximate surface area is 133 Å². The lowest BCUT2D eigenvalue weighted by atomic mass is 9.88. The molecular formula is C19H18O4. The molecule has 23 heavy (non-hydrogen) atoms. The smallest absolute Gasteiger partial charge is 0.119 e. The van der Waals surface area contributed by atoms with E-state index in [9.17, 15) is 10.2 Å². The van der Waals surface area contributed by atoms with Crippen LogP contribution in [0.2, 0.25) is 0 Å². The Morgan fingerprint density at radius 1 is 0.957 bits per heavy atom. The van der Waals surface area contributed by atoms with Crippen molar-refractivity contribution in [3.63, 3.8) is 0 Å². The summed E-state index contributed by atoms with van der Waals surface area (Å²) in [7, 11) is 0. The molecule has 0 radical (unpaired) electrons. The van der Waals surface area contributed by atoms with E-state index in [0.717, 1.165) is 27.3 Å². The standard InChI is InChI=1S/C19H18O4/c20-9-19(10-22-11-19)12-23-16-4-6-18-14(8-16)2-1-13-7-15(21)3-5-17(13)18/h1-8,20-21H,9-12H2. The highest BCUT2D eigenvalue weighted by Gasteiger charge is 2.39. The van der Waals surface area contributed by atoms with E-state index in [2.05, 4.69) is 0 Å². The number of hydrogen-bond acceptors (Lipinski definition) is 4. The van der Waals surface area contributed by atoms with Crippen LogP contribution in [0.3, 0.4) is 0 Å². The van der Waals surface area contributed by atoms with Gasteiger partial charge in [0.1, 0.15) is 18.1 Å². The van der Waals surface area contributed by atoms with Crippen LogP contribution in [-0.4, -0.2) is 36.6 Å². The van der Waals surface area contributed by atoms with Crippen LogP contribution in [0.15, 0.2) is 48.5 Å². The summed E-state index contributed by atoms with van der Waals surface area (Å²) in [6.07, 6.45) is 0. The average molecular weight is 310 g/mol. The van der Waals surface area contributed by atoms with Gasteiger partial charge in [0.2, 0.25) is 0 Å². The van der Waals surface area contributed by atoms with E-state index in [-0.39, 0.29) is 17.8 Å². The third-order valence-corrected chi connectivity index (χ3v) is 4.49. The maximum absolute atomic E-state index is 9.59. The molecule has 1 heterocycles. The third kappa shape index (κ3) is 2.50. The predicted octanol–water partition coefficient (Wildman–Crippen LogP) is 3.09. The minimum absolute atomic E-state index is 0.0781. The number of aliphatic hydroxyl groups excluding tert-OH is 1. The summed E-state index contributed by atoms with van der Waals surface area (Å²) < 4.78 is 11.0. The molecule has 0 saturated carbocycles. The van der Waals surface area contributed by atoms with Crippen molar-refractivity contribution in [3.05, 3.63) is 48.5 Å². The Balaban J connectivity index is 1.65. The number of rotatable bonds is 4. The van der Waals surface area contributed by atoms with Crippen LogP contribution in [0, 0.1) is 5.41 Å². The van der Waals surface area contributed by atoms with Crippen LogP contribution < -0.4 is 4.74 Å². The zero-order valence-electron chi connectivity index (χ0n) is 12.7. The third-order valence-electron chi connectivity index (χ3n) is 4.49. The molecule has 0 amide bonds. The molecule has 1 fully saturated rings. The second-order valence-electron chi connectivity index (χ2n) is 6.29. The van der Waals surface area contributed by atoms with Crippen molar-refractivity contribution in [2.24, 2.45) is 5.41 Å². The van der Waals surface area contributed by atoms with Crippen molar-refractivity contribution in [2.75, 3.05) is 26.4 Å². The van der Waals surface area contributed by atoms with Gasteiger partial charge < -0.3 is 19.7 Å². The second-order valence-corrected chi connectivity index (χ2v) is 6.29. The van der Waals surface area contributed by atoms with Crippen LogP contribution in [0.5, 0.6) is 11.5 Å². The Kier molecular flexibility index (Phi) is 3.36. The van der Waals surface area contributed by atoms with E-state index < -0.39 is 0 Å². The number of aromatic hydroxyl groups is 1. The predicted molar refractivity (Wildman–Crippen MR) is 89.0 cm³/mol. The molecule has 1 saturated heterocycles. The monoisotopic (exact) mass is 310 g/mol. The summed E-state index contributed by atoms with van der Waals surface area (Å²) in [5.74, 6) is 1.06. The summed E-state index contributed by atoms with van der Waals surface area (Å²) in [5, 5.41) is 23.4. The molecule has 1 aliphatic rings. The molecule has 0 aliphatic carbocycles. The van der Waals surface area contributed by atoms with Crippen LogP contribution in [-0.2, 0) is 4.74 Å². The van der Waals surface area contributed by atoms with Crippen molar-refractivity contribution in [3.8, 4) is 11.5 Å². The maximum atomic E-state index is 9.59. The fourth-order valence-corrected chi connectivity index (χ4v) is 2.97. The highest BCUT2D eigenvalue weighted by atomic mass is 16.5. The molecular weight excluding hydrogens is 292 g/mol. The van der Waals surface area contributed by atoms with Gasteiger partial charge >= 0.3 is 0 Å². The Morgan fingerprint density at radius 3 is 2.30 bits per heavy atom. The van der Waals surface area contributed by atoms with Gasteiger partial charge in [0.05, 0.1) is 25.2 Å². The average Bonchev–Trinajstić information content (AvgIpc) is 2.53. The maximum Gasteiger partial charge on any atom is 0.119 e. The highest BCUT2D eigenvalue weighted by Crippen LogP contribution is 2.32. The first kappa shape index (κ1) is 14.3. The van der Waals surface area contributed by atoms with Gasteiger partial charge in [0.25, 0.3) is 0 Å². The van der Waals surface area contributed by atoms with Gasteiger partial charge in [-0.3, -0.25) is 0 Å². The van der Waals surface area contributed by atoms with Crippen LogP contribution in [0.4, 0.5) is 0 Å². The first-order chi connectivity index (χ1) is 11.2. The lowest BCUT2D eigenvalue weighted by Crippen LogP contribution is -2.49. The summed E-state index contributed by atoms with van der Waals surface area (Å²) in [6.45, 7) is 1.63. The van der Waals surface area contributed by atoms with Crippen molar-refractivity contribution in [2.45, 2.75) is 0 Å². The van der Waals surface area contributed by atoms with Gasteiger partial charge in [-0.1, -0.05) is 24.3 Å². The lowest BCUT2D eigenvalue weighted by molar-refractivity contribution is -0.153. The largest absolute Gasteiger partial charge is 0.508 e. The van der Waals surface area contributed by atoms with Crippen molar-refractivity contribution in [1.29, 1.82) is 0 Å². The van der Waals surface area contributed by atoms with Crippen molar-refractivity contribution >= 4 is 21.5 Å². The fraction of sp³-hybridized carbons (Fsp3) is 0.263. The Morgan fingerprint density at radius 2 is 1.65 bits per heavy atom. The van der Waals surface area contributed by atoms with E-state index in [4.69, 9.17) is 9.47 Å². The Bertz CT molecular complexity index is 862. The normalized spacial score (nSPS) is 16.4. The number of ether oxygens (including phenoxy) is 2. The lowest BCUT2D eigenvalue weighted by Gasteiger charge is -2.39. The summed E-state index contributed by atoms with van der Waals surface area (Å²) in [4.78, 5) is 0. The molecule has 118 valence electrons. The van der Waals surface area contributed by atoms with Gasteiger partial charge in [0, 0.05) is 0 Å². The van der Waals surface area contributed by atoms with Crippen LogP contribution in [0.1, 0.15) is 0 Å². The van der Waals surface area contributed by atoms with Crippen LogP contribution >= 0.6 is 0 Å². The molecule has 2 N–H and O–H groups in total. The molecule has 3 aromatic rings. The zero-order chi connectivity index (χ0) is 15.9. The van der Waals surface area contributed by atoms with E-state index in [0.29, 0.717) is 19.8 Å². The number of hydrogen-bond donors (Lipinski definition) is 2. The minimum Gasteiger partial charge on any atom is -0.508 e. The van der Waals surface area contributed by atoms with Gasteiger partial charge in [-0.15, -0.1) is 0 Å². The molecule has 0 unspecified atom stereocenters. The zero-order valence-corrected chi connectivity index (χ0v) is 12.7. The number of phenolic OH excluding ortho intramolecular Hbond substituents is 1. The van der Waals surface area contributed by atoms with Gasteiger partial charge in [0.15, 0.2) is 0 Å². The molecule has 1 aliphatic heterocycles. The fourth-order valence-electron chi connectivity index (χ4n) is 2.97. The van der Waals surface area contributed by atoms with Crippen molar-refractivity contribution < 1.29 is 19.7 Å². The number of fused-ring (bicyclic) bond motifs is 3. The number of phenols is 1. The molecule has 3 aromatic carbocycles. The number of aliphatic hydroxyl groups is 1. The molecule has 0 atom stereocenters. The highest BCUT2D eigenvalue weighted by molar-refractivity contribution is 6.08. The van der Waals surface area contributed by atoms with Gasteiger partial charge in [-0.2, -0.15) is 0 Å². The molecule has 0 bridgehead atoms. The van der Waals surface area contributed by atoms with Crippen molar-refractivity contribution in [1.82, 2.24) is 0 Å². The first-order valence-corrected chi connectivity index (χ1v) is 7.66. The van der Waals surface area contributed by atoms with Crippen LogP contribution in [0.25, 0.3) is 21.5 Å². The minimum atomic E-state index is -0.254.